The van der Waals surface area contributed by atoms with E-state index in [1.54, 1.807) is 0 Å². The number of nitrogens with two attached hydrogens (primary N) is 1. The Bertz CT molecular complexity index is 138. The Morgan fingerprint density at radius 2 is 1.67 bits per heavy atom. The Hall–Kier alpha value is -0.711. The molecule has 1 atom stereocenters. The molecule has 0 aromatic heterocycles. The van der Waals surface area contributed by atoms with Crippen molar-refractivity contribution in [2.24, 2.45) is 11.7 Å². The summed E-state index contributed by atoms with van der Waals surface area (Å²) in [6.45, 7) is 4.49. The number of carboxylic acid groups (broad SMARTS) is 2. The second-order valence-electron chi connectivity index (χ2n) is 1.84. The van der Waals surface area contributed by atoms with E-state index in [-0.39, 0.29) is 23.6 Å². The van der Waals surface area contributed by atoms with Crippen molar-refractivity contribution in [3.8, 4) is 0 Å². The molecular formula is C6H12CuNO4+. The number of rotatable bonds is 2. The molecule has 0 bridgehead atoms. The molecule has 0 aliphatic carbocycles. The number of carboxylic acids is 2. The number of carbonyl (C=O) groups is 2. The molecule has 1 unspecified atom stereocenters. The van der Waals surface area contributed by atoms with E-state index in [9.17, 15) is 9.59 Å². The van der Waals surface area contributed by atoms with E-state index in [4.69, 9.17) is 10.2 Å². The summed E-state index contributed by atoms with van der Waals surface area (Å²) in [7, 11) is 0. The average molecular weight is 226 g/mol. The van der Waals surface area contributed by atoms with Crippen LogP contribution in [0.3, 0.4) is 0 Å². The van der Waals surface area contributed by atoms with Gasteiger partial charge < -0.3 is 15.9 Å². The molecule has 4 N–H and O–H groups in total. The minimum absolute atomic E-state index is 0. The van der Waals surface area contributed by atoms with Gasteiger partial charge in [-0.15, -0.1) is 0 Å². The minimum atomic E-state index is -0.968. The van der Waals surface area contributed by atoms with Crippen LogP contribution in [-0.2, 0) is 26.7 Å². The molecule has 0 aromatic rings. The summed E-state index contributed by atoms with van der Waals surface area (Å²) < 4.78 is 0. The van der Waals surface area contributed by atoms with Crippen LogP contribution in [0.15, 0.2) is 0 Å². The van der Waals surface area contributed by atoms with Crippen molar-refractivity contribution >= 4 is 11.9 Å². The van der Waals surface area contributed by atoms with Crippen molar-refractivity contribution in [2.45, 2.75) is 6.92 Å². The number of aliphatic carboxylic acids is 2. The molecule has 5 nitrogen and oxygen atoms in total. The van der Waals surface area contributed by atoms with Gasteiger partial charge in [0.1, 0.15) is 0 Å². The first kappa shape index (κ1) is 17.4. The van der Waals surface area contributed by atoms with Crippen LogP contribution in [0.4, 0.5) is 0 Å². The molecule has 0 aliphatic rings. The van der Waals surface area contributed by atoms with Crippen LogP contribution < -0.4 is 5.73 Å². The van der Waals surface area contributed by atoms with Gasteiger partial charge in [-0.3, -0.25) is 4.79 Å². The Balaban J connectivity index is -0.000000126. The summed E-state index contributed by atoms with van der Waals surface area (Å²) >= 11 is 0. The second kappa shape index (κ2) is 10.3. The predicted molar refractivity (Wildman–Crippen MR) is 38.8 cm³/mol. The van der Waals surface area contributed by atoms with Gasteiger partial charge >= 0.3 is 11.9 Å². The molecule has 0 rings (SSSR count). The van der Waals surface area contributed by atoms with Gasteiger partial charge in [0.15, 0.2) is 5.92 Å². The van der Waals surface area contributed by atoms with Crippen LogP contribution >= 0.6 is 0 Å². The van der Waals surface area contributed by atoms with Crippen molar-refractivity contribution < 1.29 is 36.9 Å². The zero-order valence-electron chi connectivity index (χ0n) is 6.58. The molecule has 0 heterocycles. The van der Waals surface area contributed by atoms with Crippen molar-refractivity contribution in [3.63, 3.8) is 0 Å². The maximum atomic E-state index is 9.64. The van der Waals surface area contributed by atoms with Crippen LogP contribution in [0.25, 0.3) is 0 Å². The van der Waals surface area contributed by atoms with Crippen molar-refractivity contribution in [1.82, 2.24) is 0 Å². The SMILES string of the molecule is NCC(=O)O.[CH2+]C(C)C(=O)O.[Cu]. The first-order valence-corrected chi connectivity index (χ1v) is 2.89. The standard InChI is InChI=1S/C4H6O2.C2H5NO2.Cu/c1-3(2)4(5)6;3-1-2(4)5;/h3H,1H2,2H3;1,3H2,(H,4,5);/p+1. The summed E-state index contributed by atoms with van der Waals surface area (Å²) in [6, 6.07) is 0. The summed E-state index contributed by atoms with van der Waals surface area (Å²) in [6.07, 6.45) is 0. The fraction of sp³-hybridized carbons (Fsp3) is 0.500. The summed E-state index contributed by atoms with van der Waals surface area (Å²) in [5, 5.41) is 15.5. The van der Waals surface area contributed by atoms with E-state index in [1.807, 2.05) is 0 Å². The molecule has 0 saturated heterocycles. The van der Waals surface area contributed by atoms with E-state index < -0.39 is 17.9 Å². The van der Waals surface area contributed by atoms with Crippen molar-refractivity contribution in [3.05, 3.63) is 6.92 Å². The molecule has 75 valence electrons. The van der Waals surface area contributed by atoms with Gasteiger partial charge in [-0.05, 0) is 6.92 Å². The molecule has 1 radical (unpaired) electrons. The minimum Gasteiger partial charge on any atom is -0.480 e. The Morgan fingerprint density at radius 3 is 1.67 bits per heavy atom. The van der Waals surface area contributed by atoms with E-state index in [1.165, 1.54) is 6.92 Å². The van der Waals surface area contributed by atoms with Gasteiger partial charge in [0.2, 0.25) is 0 Å². The van der Waals surface area contributed by atoms with Gasteiger partial charge in [-0.25, -0.2) is 4.79 Å². The third-order valence-electron chi connectivity index (χ3n) is 0.596. The van der Waals surface area contributed by atoms with Crippen LogP contribution in [-0.4, -0.2) is 28.7 Å². The summed E-state index contributed by atoms with van der Waals surface area (Å²) in [5.41, 5.74) is 4.57. The molecule has 0 aromatic carbocycles. The Kier molecular flexibility index (Phi) is 14.9. The van der Waals surface area contributed by atoms with Crippen molar-refractivity contribution in [1.29, 1.82) is 0 Å². The Morgan fingerprint density at radius 1 is 1.50 bits per heavy atom. The number of hydrogen-bond donors (Lipinski definition) is 3. The van der Waals surface area contributed by atoms with Crippen LogP contribution in [0.2, 0.25) is 0 Å². The maximum Gasteiger partial charge on any atom is 0.351 e. The topological polar surface area (TPSA) is 101 Å². The largest absolute Gasteiger partial charge is 0.480 e. The number of hydrogen-bond acceptors (Lipinski definition) is 3. The zero-order chi connectivity index (χ0) is 9.44. The van der Waals surface area contributed by atoms with E-state index in [2.05, 4.69) is 12.7 Å². The van der Waals surface area contributed by atoms with Gasteiger partial charge in [0.05, 0.1) is 13.5 Å². The fourth-order valence-corrected chi connectivity index (χ4v) is 0. The third kappa shape index (κ3) is 22.8. The summed E-state index contributed by atoms with van der Waals surface area (Å²) in [4.78, 5) is 18.9. The molecule has 0 fully saturated rings. The van der Waals surface area contributed by atoms with Crippen LogP contribution in [0.1, 0.15) is 6.92 Å². The van der Waals surface area contributed by atoms with Crippen LogP contribution in [0, 0.1) is 12.8 Å². The van der Waals surface area contributed by atoms with Gasteiger partial charge in [-0.1, -0.05) is 0 Å². The summed E-state index contributed by atoms with van der Waals surface area (Å²) in [5.74, 6) is -2.30. The monoisotopic (exact) mass is 225 g/mol. The maximum absolute atomic E-state index is 9.64. The predicted octanol–water partition coefficient (Wildman–Crippen LogP) is -0.432. The van der Waals surface area contributed by atoms with Gasteiger partial charge in [0, 0.05) is 17.1 Å². The first-order chi connectivity index (χ1) is 4.91. The Labute approximate surface area is 81.4 Å². The van der Waals surface area contributed by atoms with Crippen molar-refractivity contribution in [2.75, 3.05) is 6.54 Å². The van der Waals surface area contributed by atoms with E-state index in [0.717, 1.165) is 0 Å². The zero-order valence-corrected chi connectivity index (χ0v) is 7.52. The molecule has 0 saturated carbocycles. The molecule has 0 spiro atoms. The molecule has 6 heteroatoms. The molecule has 12 heavy (non-hydrogen) atoms. The average Bonchev–Trinajstić information content (AvgIpc) is 1.89. The third-order valence-corrected chi connectivity index (χ3v) is 0.596. The first-order valence-electron chi connectivity index (χ1n) is 2.89. The van der Waals surface area contributed by atoms with Gasteiger partial charge in [0.25, 0.3) is 0 Å². The smallest absolute Gasteiger partial charge is 0.351 e. The van der Waals surface area contributed by atoms with E-state index >= 15 is 0 Å². The van der Waals surface area contributed by atoms with Gasteiger partial charge in [-0.2, -0.15) is 0 Å². The van der Waals surface area contributed by atoms with Crippen LogP contribution in [0.5, 0.6) is 0 Å². The molecular weight excluding hydrogens is 214 g/mol. The fourth-order valence-electron chi connectivity index (χ4n) is 0. The molecule has 0 aliphatic heterocycles. The quantitative estimate of drug-likeness (QED) is 0.437. The molecule has 0 amide bonds. The second-order valence-corrected chi connectivity index (χ2v) is 1.84. The normalized spacial score (nSPS) is 9.83. The van der Waals surface area contributed by atoms with E-state index in [0.29, 0.717) is 0 Å².